The van der Waals surface area contributed by atoms with Crippen molar-refractivity contribution < 1.29 is 24.4 Å². The first kappa shape index (κ1) is 17.0. The maximum absolute atomic E-state index is 12.2. The van der Waals surface area contributed by atoms with Crippen molar-refractivity contribution in [1.29, 1.82) is 0 Å². The molecule has 2 N–H and O–H groups in total. The van der Waals surface area contributed by atoms with Crippen LogP contribution in [0.2, 0.25) is 0 Å². The zero-order chi connectivity index (χ0) is 17.6. The van der Waals surface area contributed by atoms with Gasteiger partial charge in [-0.15, -0.1) is 11.8 Å². The molecule has 1 amide bonds. The van der Waals surface area contributed by atoms with Crippen LogP contribution in [0.15, 0.2) is 29.1 Å². The minimum atomic E-state index is -1.08. The molecule has 2 aliphatic rings. The molecule has 1 saturated heterocycles. The van der Waals surface area contributed by atoms with Crippen molar-refractivity contribution in [3.05, 3.63) is 40.2 Å². The summed E-state index contributed by atoms with van der Waals surface area (Å²) in [6, 6.07) is 1.80. The van der Waals surface area contributed by atoms with Gasteiger partial charge in [0.05, 0.1) is 18.1 Å². The quantitative estimate of drug-likeness (QED) is 0.611. The van der Waals surface area contributed by atoms with Gasteiger partial charge in [0, 0.05) is 28.7 Å². The van der Waals surface area contributed by atoms with Crippen LogP contribution in [-0.2, 0) is 22.4 Å². The van der Waals surface area contributed by atoms with Crippen LogP contribution in [0.5, 0.6) is 0 Å². The van der Waals surface area contributed by atoms with E-state index in [-0.39, 0.29) is 17.6 Å². The summed E-state index contributed by atoms with van der Waals surface area (Å²) in [6.07, 6.45) is 3.74. The van der Waals surface area contributed by atoms with Crippen LogP contribution >= 0.6 is 11.8 Å². The van der Waals surface area contributed by atoms with Gasteiger partial charge in [0.15, 0.2) is 12.4 Å². The Morgan fingerprint density at radius 1 is 1.54 bits per heavy atom. The molecular weight excluding hydrogens is 328 g/mol. The van der Waals surface area contributed by atoms with Crippen molar-refractivity contribution in [3.8, 4) is 0 Å². The van der Waals surface area contributed by atoms with Crippen molar-refractivity contribution >= 4 is 23.6 Å². The molecule has 1 aromatic heterocycles. The van der Waals surface area contributed by atoms with E-state index >= 15 is 0 Å². The minimum absolute atomic E-state index is 0.0889. The maximum Gasteiger partial charge on any atom is 0.353 e. The number of nitrogens with zero attached hydrogens (tertiary/aromatic N) is 2. The highest BCUT2D eigenvalue weighted by atomic mass is 32.2. The molecule has 128 valence electrons. The number of hydrogen-bond acceptors (Lipinski definition) is 4. The Labute approximate surface area is 144 Å². The number of hydrogen-bond donors (Lipinski definition) is 2. The molecule has 1 aromatic rings. The number of carboxylic acids is 1. The zero-order valence-corrected chi connectivity index (χ0v) is 14.7. The van der Waals surface area contributed by atoms with Gasteiger partial charge in [-0.2, -0.15) is 0 Å². The number of β-lactam (4-membered cyclic amide) rings is 1. The van der Waals surface area contributed by atoms with E-state index in [4.69, 9.17) is 0 Å². The molecule has 0 radical (unpaired) electrons. The van der Waals surface area contributed by atoms with Crippen LogP contribution in [0, 0.1) is 12.8 Å². The van der Waals surface area contributed by atoms with E-state index < -0.39 is 18.0 Å². The second kappa shape index (κ2) is 6.22. The Hall–Kier alpha value is -1.86. The summed E-state index contributed by atoms with van der Waals surface area (Å²) >= 11 is 1.47. The molecule has 3 atom stereocenters. The third kappa shape index (κ3) is 2.71. The number of thioether (sulfide) groups is 1. The molecule has 6 nitrogen and oxygen atoms in total. The maximum atomic E-state index is 12.2. The molecule has 7 heteroatoms. The molecule has 0 bridgehead atoms. The lowest BCUT2D eigenvalue weighted by atomic mass is 9.83. The lowest BCUT2D eigenvalue weighted by molar-refractivity contribution is -0.671. The fourth-order valence-electron chi connectivity index (χ4n) is 3.46. The van der Waals surface area contributed by atoms with Gasteiger partial charge >= 0.3 is 5.97 Å². The number of fused-ring (bicyclic) bond motifs is 1. The summed E-state index contributed by atoms with van der Waals surface area (Å²) in [5.41, 5.74) is 2.37. The number of aliphatic hydroxyl groups excluding tert-OH is 1. The Kier molecular flexibility index (Phi) is 4.40. The van der Waals surface area contributed by atoms with E-state index in [9.17, 15) is 19.8 Å². The van der Waals surface area contributed by atoms with Gasteiger partial charge in [0.2, 0.25) is 5.91 Å². The summed E-state index contributed by atoms with van der Waals surface area (Å²) in [7, 11) is 1.96. The zero-order valence-electron chi connectivity index (χ0n) is 13.9. The minimum Gasteiger partial charge on any atom is -0.477 e. The van der Waals surface area contributed by atoms with E-state index in [0.717, 1.165) is 16.0 Å². The first-order chi connectivity index (χ1) is 11.3. The largest absolute Gasteiger partial charge is 0.477 e. The molecule has 0 unspecified atom stereocenters. The van der Waals surface area contributed by atoms with E-state index in [0.29, 0.717) is 12.2 Å². The number of carbonyl (C=O) groups excluding carboxylic acids is 1. The molecule has 3 heterocycles. The van der Waals surface area contributed by atoms with Crippen LogP contribution < -0.4 is 4.57 Å². The average Bonchev–Trinajstić information content (AvgIpc) is 2.80. The van der Waals surface area contributed by atoms with Gasteiger partial charge in [-0.1, -0.05) is 0 Å². The van der Waals surface area contributed by atoms with Gasteiger partial charge < -0.3 is 15.1 Å². The monoisotopic (exact) mass is 349 g/mol. The fourth-order valence-corrected chi connectivity index (χ4v) is 4.72. The predicted molar refractivity (Wildman–Crippen MR) is 88.7 cm³/mol. The molecule has 2 aliphatic heterocycles. The van der Waals surface area contributed by atoms with Crippen LogP contribution in [-0.4, -0.2) is 39.1 Å². The Morgan fingerprint density at radius 2 is 2.25 bits per heavy atom. The number of rotatable bonds is 5. The molecular formula is C17H21N2O4S+. The number of carboxylic acid groups (broad SMARTS) is 1. The lowest BCUT2D eigenvalue weighted by Crippen LogP contribution is -2.61. The number of aryl methyl sites for hydroxylation is 2. The first-order valence-electron chi connectivity index (χ1n) is 7.86. The molecule has 0 aliphatic carbocycles. The smallest absolute Gasteiger partial charge is 0.353 e. The molecule has 0 spiro atoms. The number of aliphatic carboxylic acids is 1. The fraction of sp³-hybridized carbons (Fsp3) is 0.471. The van der Waals surface area contributed by atoms with Gasteiger partial charge in [-0.3, -0.25) is 4.79 Å². The van der Waals surface area contributed by atoms with Crippen molar-refractivity contribution in [2.45, 2.75) is 38.2 Å². The number of aliphatic hydroxyl groups is 1. The SMILES string of the molecule is Cc1c[n+](C)ccc1CSC1=C(C(=O)O)N2C(=O)[C@H]([C@@H](C)O)[C@H]2C1. The molecule has 0 aromatic carbocycles. The van der Waals surface area contributed by atoms with Crippen LogP contribution in [0.1, 0.15) is 24.5 Å². The number of aromatic nitrogens is 1. The Bertz CT molecular complexity index is 744. The van der Waals surface area contributed by atoms with E-state index in [1.807, 2.05) is 37.0 Å². The molecule has 24 heavy (non-hydrogen) atoms. The van der Waals surface area contributed by atoms with Crippen molar-refractivity contribution in [2.24, 2.45) is 13.0 Å². The van der Waals surface area contributed by atoms with Crippen LogP contribution in [0.4, 0.5) is 0 Å². The summed E-state index contributed by atoms with van der Waals surface area (Å²) < 4.78 is 1.97. The summed E-state index contributed by atoms with van der Waals surface area (Å²) in [4.78, 5) is 25.8. The van der Waals surface area contributed by atoms with E-state index in [1.165, 1.54) is 16.7 Å². The average molecular weight is 349 g/mol. The topological polar surface area (TPSA) is 81.7 Å². The number of amides is 1. The third-order valence-electron chi connectivity index (χ3n) is 4.71. The van der Waals surface area contributed by atoms with Crippen molar-refractivity contribution in [2.75, 3.05) is 0 Å². The molecule has 1 fully saturated rings. The standard InChI is InChI=1S/C17H20N2O4S/c1-9-7-18(3)5-4-11(9)8-24-13-6-12-14(10(2)20)16(21)19(12)15(13)17(22)23/h4-5,7,10,12,14,20H,6,8H2,1-3H3/p+1/t10-,12-,14-/m1/s1. The van der Waals surface area contributed by atoms with Gasteiger partial charge in [0.25, 0.3) is 0 Å². The Balaban J connectivity index is 1.80. The van der Waals surface area contributed by atoms with Gasteiger partial charge in [-0.25, -0.2) is 9.36 Å². The number of carbonyl (C=O) groups is 2. The van der Waals surface area contributed by atoms with Crippen molar-refractivity contribution in [3.63, 3.8) is 0 Å². The van der Waals surface area contributed by atoms with Crippen molar-refractivity contribution in [1.82, 2.24) is 4.90 Å². The highest BCUT2D eigenvalue weighted by Crippen LogP contribution is 2.47. The highest BCUT2D eigenvalue weighted by molar-refractivity contribution is 8.02. The first-order valence-corrected chi connectivity index (χ1v) is 8.85. The summed E-state index contributed by atoms with van der Waals surface area (Å²) in [6.45, 7) is 3.61. The second-order valence-corrected chi connectivity index (χ2v) is 7.50. The summed E-state index contributed by atoms with van der Waals surface area (Å²) in [5, 5.41) is 19.3. The molecule has 0 saturated carbocycles. The predicted octanol–water partition coefficient (Wildman–Crippen LogP) is 0.960. The van der Waals surface area contributed by atoms with Gasteiger partial charge in [-0.05, 0) is 19.4 Å². The van der Waals surface area contributed by atoms with Crippen LogP contribution in [0.25, 0.3) is 0 Å². The second-order valence-electron chi connectivity index (χ2n) is 6.43. The summed E-state index contributed by atoms with van der Waals surface area (Å²) in [5.74, 6) is -1.19. The third-order valence-corrected chi connectivity index (χ3v) is 5.87. The molecule has 3 rings (SSSR count). The lowest BCUT2D eigenvalue weighted by Gasteiger charge is -2.44. The normalized spacial score (nSPS) is 24.0. The van der Waals surface area contributed by atoms with Gasteiger partial charge in [0.1, 0.15) is 12.7 Å². The highest BCUT2D eigenvalue weighted by Gasteiger charge is 2.56. The van der Waals surface area contributed by atoms with Crippen LogP contribution in [0.3, 0.4) is 0 Å². The Morgan fingerprint density at radius 3 is 2.83 bits per heavy atom. The van der Waals surface area contributed by atoms with E-state index in [1.54, 1.807) is 6.92 Å². The number of pyridine rings is 1. The van der Waals surface area contributed by atoms with E-state index in [2.05, 4.69) is 0 Å².